The number of amides is 1. The summed E-state index contributed by atoms with van der Waals surface area (Å²) in [6.07, 6.45) is 0. The molecule has 1 amide bonds. The first kappa shape index (κ1) is 21.3. The highest BCUT2D eigenvalue weighted by Crippen LogP contribution is 2.22. The van der Waals surface area contributed by atoms with Crippen LogP contribution in [0.3, 0.4) is 0 Å². The molecule has 0 saturated heterocycles. The molecule has 3 heterocycles. The van der Waals surface area contributed by atoms with Crippen molar-refractivity contribution in [2.75, 3.05) is 0 Å². The van der Waals surface area contributed by atoms with Crippen LogP contribution in [0.4, 0.5) is 0 Å². The highest BCUT2D eigenvalue weighted by atomic mass is 35.5. The van der Waals surface area contributed by atoms with E-state index in [1.807, 2.05) is 33.8 Å². The lowest BCUT2D eigenvalue weighted by Gasteiger charge is -2.15. The monoisotopic (exact) mass is 434 g/mol. The second kappa shape index (κ2) is 8.51. The van der Waals surface area contributed by atoms with Crippen molar-refractivity contribution < 1.29 is 4.79 Å². The van der Waals surface area contributed by atoms with Crippen LogP contribution < -0.4 is 16.6 Å². The lowest BCUT2D eigenvalue weighted by molar-refractivity contribution is 0.0952. The Morgan fingerprint density at radius 2 is 2.00 bits per heavy atom. The van der Waals surface area contributed by atoms with Gasteiger partial charge in [0.05, 0.1) is 21.8 Å². The minimum Gasteiger partial charge on any atom is -0.347 e. The molecule has 2 N–H and O–H groups in total. The van der Waals surface area contributed by atoms with Crippen LogP contribution in [0.15, 0.2) is 27.8 Å². The van der Waals surface area contributed by atoms with E-state index in [4.69, 9.17) is 11.6 Å². The molecule has 9 heteroatoms. The van der Waals surface area contributed by atoms with E-state index in [1.54, 1.807) is 12.1 Å². The molecule has 0 saturated carbocycles. The molecule has 0 aliphatic heterocycles. The van der Waals surface area contributed by atoms with Gasteiger partial charge >= 0.3 is 5.69 Å². The normalized spacial score (nSPS) is 11.6. The molecule has 0 radical (unpaired) electrons. The summed E-state index contributed by atoms with van der Waals surface area (Å²) >= 11 is 7.32. The van der Waals surface area contributed by atoms with Crippen LogP contribution >= 0.6 is 22.9 Å². The van der Waals surface area contributed by atoms with Gasteiger partial charge in [-0.1, -0.05) is 39.3 Å². The zero-order valence-corrected chi connectivity index (χ0v) is 18.3. The maximum Gasteiger partial charge on any atom is 0.330 e. The lowest BCUT2D eigenvalue weighted by atomic mass is 10.0. The summed E-state index contributed by atoms with van der Waals surface area (Å²) in [5.41, 5.74) is -0.0475. The average Bonchev–Trinajstić information content (AvgIpc) is 3.07. The molecular weight excluding hydrogens is 412 g/mol. The second-order valence-corrected chi connectivity index (χ2v) is 9.40. The molecule has 3 aromatic heterocycles. The van der Waals surface area contributed by atoms with Crippen molar-refractivity contribution >= 4 is 39.9 Å². The maximum atomic E-state index is 13.0. The number of aromatic nitrogens is 3. The van der Waals surface area contributed by atoms with Gasteiger partial charge in [0.25, 0.3) is 11.5 Å². The number of pyridine rings is 1. The number of carbonyl (C=O) groups is 1. The van der Waals surface area contributed by atoms with Crippen molar-refractivity contribution in [1.82, 2.24) is 19.9 Å². The quantitative estimate of drug-likeness (QED) is 0.620. The van der Waals surface area contributed by atoms with Crippen molar-refractivity contribution in [2.24, 2.45) is 5.92 Å². The predicted molar refractivity (Wildman–Crippen MR) is 116 cm³/mol. The fourth-order valence-electron chi connectivity index (χ4n) is 3.01. The summed E-state index contributed by atoms with van der Waals surface area (Å²) in [4.78, 5) is 45.8. The summed E-state index contributed by atoms with van der Waals surface area (Å²) in [5, 5.41) is 2.96. The number of thiophene rings is 1. The van der Waals surface area contributed by atoms with Crippen LogP contribution in [-0.4, -0.2) is 20.4 Å². The first-order chi connectivity index (χ1) is 13.7. The summed E-state index contributed by atoms with van der Waals surface area (Å²) < 4.78 is 2.07. The third kappa shape index (κ3) is 4.59. The van der Waals surface area contributed by atoms with Gasteiger partial charge in [0.2, 0.25) is 0 Å². The highest BCUT2D eigenvalue weighted by molar-refractivity contribution is 7.16. The van der Waals surface area contributed by atoms with E-state index < -0.39 is 17.2 Å². The molecule has 0 aliphatic rings. The molecule has 7 nitrogen and oxygen atoms in total. The largest absolute Gasteiger partial charge is 0.347 e. The third-order valence-corrected chi connectivity index (χ3v) is 5.64. The summed E-state index contributed by atoms with van der Waals surface area (Å²) in [6, 6.07) is 5.23. The number of nitrogens with one attached hydrogen (secondary N) is 2. The Balaban J connectivity index is 2.15. The number of carbonyl (C=O) groups excluding carboxylic acids is 1. The Hall–Kier alpha value is -2.45. The summed E-state index contributed by atoms with van der Waals surface area (Å²) in [7, 11) is 0. The van der Waals surface area contributed by atoms with Gasteiger partial charge in [-0.3, -0.25) is 19.1 Å². The SMILES string of the molecule is CC(C)Cn1c(=O)[nH]c(=O)c2c(C(=O)NCc3ccc(Cl)s3)cc(C(C)C)nc21. The third-order valence-electron chi connectivity index (χ3n) is 4.40. The minimum atomic E-state index is -0.614. The Morgan fingerprint density at radius 3 is 2.59 bits per heavy atom. The van der Waals surface area contributed by atoms with E-state index in [9.17, 15) is 14.4 Å². The number of nitrogens with zero attached hydrogens (tertiary/aromatic N) is 2. The van der Waals surface area contributed by atoms with Gasteiger partial charge in [-0.15, -0.1) is 11.3 Å². The number of hydrogen-bond acceptors (Lipinski definition) is 5. The van der Waals surface area contributed by atoms with Crippen molar-refractivity contribution in [1.29, 1.82) is 0 Å². The van der Waals surface area contributed by atoms with Gasteiger partial charge in [0.15, 0.2) is 5.65 Å². The number of fused-ring (bicyclic) bond motifs is 1. The Morgan fingerprint density at radius 1 is 1.28 bits per heavy atom. The predicted octanol–water partition coefficient (Wildman–Crippen LogP) is 3.51. The fraction of sp³-hybridized carbons (Fsp3) is 0.400. The van der Waals surface area contributed by atoms with E-state index in [0.29, 0.717) is 23.1 Å². The Labute approximate surface area is 176 Å². The van der Waals surface area contributed by atoms with E-state index in [0.717, 1.165) is 4.88 Å². The van der Waals surface area contributed by atoms with Gasteiger partial charge in [0.1, 0.15) is 0 Å². The molecule has 154 valence electrons. The first-order valence-electron chi connectivity index (χ1n) is 9.37. The number of aromatic amines is 1. The first-order valence-corrected chi connectivity index (χ1v) is 10.6. The molecule has 0 aliphatic carbocycles. The maximum absolute atomic E-state index is 13.0. The van der Waals surface area contributed by atoms with Crippen LogP contribution in [0.5, 0.6) is 0 Å². The topological polar surface area (TPSA) is 96.9 Å². The van der Waals surface area contributed by atoms with Crippen molar-refractivity contribution in [3.63, 3.8) is 0 Å². The molecule has 0 aromatic carbocycles. The van der Waals surface area contributed by atoms with E-state index >= 15 is 0 Å². The number of hydrogen-bond donors (Lipinski definition) is 2. The molecular formula is C20H23ClN4O3S. The van der Waals surface area contributed by atoms with E-state index in [-0.39, 0.29) is 28.4 Å². The zero-order valence-electron chi connectivity index (χ0n) is 16.7. The Bertz CT molecular complexity index is 1180. The summed E-state index contributed by atoms with van der Waals surface area (Å²) in [6.45, 7) is 8.50. The molecule has 0 spiro atoms. The van der Waals surface area contributed by atoms with Crippen LogP contribution in [0.2, 0.25) is 4.34 Å². The van der Waals surface area contributed by atoms with Crippen molar-refractivity contribution in [3.05, 3.63) is 59.5 Å². The molecule has 29 heavy (non-hydrogen) atoms. The van der Waals surface area contributed by atoms with Crippen LogP contribution in [0.1, 0.15) is 54.5 Å². The number of H-pyrrole nitrogens is 1. The van der Waals surface area contributed by atoms with E-state index in [2.05, 4.69) is 15.3 Å². The molecule has 0 bridgehead atoms. The fourth-order valence-corrected chi connectivity index (χ4v) is 4.04. The van der Waals surface area contributed by atoms with Gasteiger partial charge in [-0.2, -0.15) is 0 Å². The number of halogens is 1. The highest BCUT2D eigenvalue weighted by Gasteiger charge is 2.21. The van der Waals surface area contributed by atoms with Gasteiger partial charge in [0, 0.05) is 17.1 Å². The van der Waals surface area contributed by atoms with Gasteiger partial charge in [-0.05, 0) is 30.0 Å². The molecule has 0 atom stereocenters. The van der Waals surface area contributed by atoms with E-state index in [1.165, 1.54) is 15.9 Å². The average molecular weight is 435 g/mol. The minimum absolute atomic E-state index is 0.0175. The van der Waals surface area contributed by atoms with Crippen LogP contribution in [0.25, 0.3) is 11.0 Å². The zero-order chi connectivity index (χ0) is 21.3. The second-order valence-electron chi connectivity index (χ2n) is 7.60. The molecule has 3 aromatic rings. The molecule has 3 rings (SSSR count). The molecule has 0 fully saturated rings. The summed E-state index contributed by atoms with van der Waals surface area (Å²) in [5.74, 6) is -0.222. The number of rotatable bonds is 6. The lowest BCUT2D eigenvalue weighted by Crippen LogP contribution is -2.34. The smallest absolute Gasteiger partial charge is 0.330 e. The standard InChI is InChI=1S/C20H23ClN4O3S/c1-10(2)9-25-17-16(19(27)24-20(25)28)13(7-14(23-17)11(3)4)18(26)22-8-12-5-6-15(21)29-12/h5-7,10-11H,8-9H2,1-4H3,(H,22,26)(H,24,27,28). The van der Waals surface area contributed by atoms with Gasteiger partial charge < -0.3 is 5.32 Å². The molecule has 0 unspecified atom stereocenters. The van der Waals surface area contributed by atoms with Gasteiger partial charge in [-0.25, -0.2) is 9.78 Å². The Kier molecular flexibility index (Phi) is 6.24. The van der Waals surface area contributed by atoms with Crippen LogP contribution in [0, 0.1) is 5.92 Å². The van der Waals surface area contributed by atoms with Crippen LogP contribution in [-0.2, 0) is 13.1 Å². The van der Waals surface area contributed by atoms with Crippen molar-refractivity contribution in [2.45, 2.75) is 46.7 Å². The van der Waals surface area contributed by atoms with Crippen molar-refractivity contribution in [3.8, 4) is 0 Å².